The molecule has 22 heavy (non-hydrogen) atoms. The van der Waals surface area contributed by atoms with Crippen LogP contribution in [0.25, 0.3) is 0 Å². The van der Waals surface area contributed by atoms with Gasteiger partial charge in [0.25, 0.3) is 5.91 Å². The third kappa shape index (κ3) is 5.16. The van der Waals surface area contributed by atoms with Crippen molar-refractivity contribution in [3.05, 3.63) is 30.1 Å². The smallest absolute Gasteiger partial charge is 0.338 e. The molecule has 0 aliphatic carbocycles. The molecule has 0 bridgehead atoms. The Kier molecular flexibility index (Phi) is 7.01. The molecule has 7 heteroatoms. The van der Waals surface area contributed by atoms with Gasteiger partial charge in [-0.05, 0) is 18.1 Å². The Bertz CT molecular complexity index is 518. The number of methoxy groups -OCH3 is 1. The standard InChI is InChI=1S/C15H20N2O5/c1-4-10(2)13(15(20)21-3)17-12(18)9-22-14(19)11-5-7-16-8-6-11/h5-8,10,13H,4,9H2,1-3H3,(H,17,18)/t10-,13+/m1/s1. The largest absolute Gasteiger partial charge is 0.467 e. The van der Waals surface area contributed by atoms with E-state index < -0.39 is 30.5 Å². The van der Waals surface area contributed by atoms with Crippen LogP contribution in [-0.4, -0.2) is 42.6 Å². The van der Waals surface area contributed by atoms with Gasteiger partial charge in [0.05, 0.1) is 12.7 Å². The molecular weight excluding hydrogens is 288 g/mol. The van der Waals surface area contributed by atoms with Crippen LogP contribution < -0.4 is 5.32 Å². The van der Waals surface area contributed by atoms with E-state index in [0.29, 0.717) is 12.0 Å². The van der Waals surface area contributed by atoms with Crippen molar-refractivity contribution in [2.45, 2.75) is 26.3 Å². The fourth-order valence-electron chi connectivity index (χ4n) is 1.71. The predicted molar refractivity (Wildman–Crippen MR) is 77.9 cm³/mol. The minimum atomic E-state index is -0.762. The lowest BCUT2D eigenvalue weighted by atomic mass is 9.99. The summed E-state index contributed by atoms with van der Waals surface area (Å²) in [6.07, 6.45) is 3.59. The van der Waals surface area contributed by atoms with Crippen LogP contribution in [0.4, 0.5) is 0 Å². The van der Waals surface area contributed by atoms with Crippen LogP contribution in [0.2, 0.25) is 0 Å². The van der Waals surface area contributed by atoms with Gasteiger partial charge < -0.3 is 14.8 Å². The minimum absolute atomic E-state index is 0.0905. The maximum atomic E-state index is 11.8. The average molecular weight is 308 g/mol. The Balaban J connectivity index is 2.54. The molecule has 0 saturated carbocycles. The number of carbonyl (C=O) groups is 3. The summed E-state index contributed by atoms with van der Waals surface area (Å²) in [5.74, 6) is -1.80. The fraction of sp³-hybridized carbons (Fsp3) is 0.467. The van der Waals surface area contributed by atoms with E-state index in [2.05, 4.69) is 15.0 Å². The highest BCUT2D eigenvalue weighted by Gasteiger charge is 2.26. The Morgan fingerprint density at radius 2 is 1.91 bits per heavy atom. The van der Waals surface area contributed by atoms with Gasteiger partial charge in [-0.3, -0.25) is 9.78 Å². The van der Waals surface area contributed by atoms with E-state index in [4.69, 9.17) is 4.74 Å². The molecule has 1 rings (SSSR count). The van der Waals surface area contributed by atoms with Gasteiger partial charge in [0.2, 0.25) is 0 Å². The zero-order valence-electron chi connectivity index (χ0n) is 12.9. The van der Waals surface area contributed by atoms with E-state index in [1.807, 2.05) is 13.8 Å². The number of rotatable bonds is 7. The van der Waals surface area contributed by atoms with E-state index in [1.54, 1.807) is 0 Å². The Hall–Kier alpha value is -2.44. The molecule has 0 aromatic carbocycles. The number of esters is 2. The Morgan fingerprint density at radius 3 is 2.45 bits per heavy atom. The van der Waals surface area contributed by atoms with Crippen molar-refractivity contribution in [2.24, 2.45) is 5.92 Å². The molecule has 0 aliphatic heterocycles. The number of amides is 1. The summed E-state index contributed by atoms with van der Waals surface area (Å²) in [4.78, 5) is 39.0. The van der Waals surface area contributed by atoms with Crippen molar-refractivity contribution in [3.8, 4) is 0 Å². The molecule has 0 aliphatic rings. The quantitative estimate of drug-likeness (QED) is 0.753. The van der Waals surface area contributed by atoms with Gasteiger partial charge in [-0.25, -0.2) is 9.59 Å². The van der Waals surface area contributed by atoms with E-state index >= 15 is 0 Å². The van der Waals surface area contributed by atoms with Crippen LogP contribution in [0.15, 0.2) is 24.5 Å². The molecule has 2 atom stereocenters. The Labute approximate surface area is 129 Å². The van der Waals surface area contributed by atoms with Crippen LogP contribution in [0, 0.1) is 5.92 Å². The molecular formula is C15H20N2O5. The molecule has 1 heterocycles. The van der Waals surface area contributed by atoms with E-state index in [1.165, 1.54) is 31.6 Å². The topological polar surface area (TPSA) is 94.6 Å². The van der Waals surface area contributed by atoms with E-state index in [9.17, 15) is 14.4 Å². The third-order valence-electron chi connectivity index (χ3n) is 3.23. The summed E-state index contributed by atoms with van der Waals surface area (Å²) in [5.41, 5.74) is 0.300. The zero-order valence-corrected chi connectivity index (χ0v) is 12.9. The van der Waals surface area contributed by atoms with Gasteiger partial charge in [0.1, 0.15) is 6.04 Å². The second-order valence-corrected chi connectivity index (χ2v) is 4.77. The molecule has 120 valence electrons. The second-order valence-electron chi connectivity index (χ2n) is 4.77. The molecule has 0 radical (unpaired) electrons. The van der Waals surface area contributed by atoms with E-state index in [0.717, 1.165) is 0 Å². The first kappa shape index (κ1) is 17.6. The van der Waals surface area contributed by atoms with Gasteiger partial charge in [-0.2, -0.15) is 0 Å². The maximum absolute atomic E-state index is 11.8. The lowest BCUT2D eigenvalue weighted by Gasteiger charge is -2.21. The molecule has 0 saturated heterocycles. The normalized spacial score (nSPS) is 12.9. The molecule has 0 unspecified atom stereocenters. The molecule has 0 fully saturated rings. The molecule has 0 spiro atoms. The van der Waals surface area contributed by atoms with Gasteiger partial charge >= 0.3 is 11.9 Å². The van der Waals surface area contributed by atoms with Crippen molar-refractivity contribution in [3.63, 3.8) is 0 Å². The van der Waals surface area contributed by atoms with Crippen LogP contribution in [0.1, 0.15) is 30.6 Å². The van der Waals surface area contributed by atoms with E-state index in [-0.39, 0.29) is 5.92 Å². The van der Waals surface area contributed by atoms with Crippen molar-refractivity contribution in [1.82, 2.24) is 10.3 Å². The second kappa shape index (κ2) is 8.76. The number of nitrogens with zero attached hydrogens (tertiary/aromatic N) is 1. The average Bonchev–Trinajstić information content (AvgIpc) is 2.56. The highest BCUT2D eigenvalue weighted by Crippen LogP contribution is 2.09. The van der Waals surface area contributed by atoms with Gasteiger partial charge in [-0.1, -0.05) is 20.3 Å². The number of nitrogens with one attached hydrogen (secondary N) is 1. The summed E-state index contributed by atoms with van der Waals surface area (Å²) in [6.45, 7) is 3.26. The summed E-state index contributed by atoms with van der Waals surface area (Å²) >= 11 is 0. The summed E-state index contributed by atoms with van der Waals surface area (Å²) in [7, 11) is 1.26. The van der Waals surface area contributed by atoms with Crippen molar-refractivity contribution in [1.29, 1.82) is 0 Å². The first-order valence-corrected chi connectivity index (χ1v) is 6.93. The SMILES string of the molecule is CC[C@@H](C)[C@H](NC(=O)COC(=O)c1ccncc1)C(=O)OC. The lowest BCUT2D eigenvalue weighted by Crippen LogP contribution is -2.47. The first-order valence-electron chi connectivity index (χ1n) is 6.93. The number of carbonyl (C=O) groups excluding carboxylic acids is 3. The Morgan fingerprint density at radius 1 is 1.27 bits per heavy atom. The fourth-order valence-corrected chi connectivity index (χ4v) is 1.71. The minimum Gasteiger partial charge on any atom is -0.467 e. The maximum Gasteiger partial charge on any atom is 0.338 e. The number of pyridine rings is 1. The number of hydrogen-bond acceptors (Lipinski definition) is 6. The summed E-state index contributed by atoms with van der Waals surface area (Å²) in [5, 5.41) is 2.52. The molecule has 1 N–H and O–H groups in total. The summed E-state index contributed by atoms with van der Waals surface area (Å²) in [6, 6.07) is 2.20. The molecule has 7 nitrogen and oxygen atoms in total. The van der Waals surface area contributed by atoms with Crippen LogP contribution in [0.3, 0.4) is 0 Å². The highest BCUT2D eigenvalue weighted by atomic mass is 16.5. The number of aromatic nitrogens is 1. The zero-order chi connectivity index (χ0) is 16.5. The van der Waals surface area contributed by atoms with Crippen molar-refractivity contribution in [2.75, 3.05) is 13.7 Å². The molecule has 1 amide bonds. The molecule has 1 aromatic heterocycles. The van der Waals surface area contributed by atoms with Crippen LogP contribution in [0.5, 0.6) is 0 Å². The van der Waals surface area contributed by atoms with Gasteiger partial charge in [-0.15, -0.1) is 0 Å². The van der Waals surface area contributed by atoms with Crippen molar-refractivity contribution < 1.29 is 23.9 Å². The lowest BCUT2D eigenvalue weighted by molar-refractivity contribution is -0.147. The highest BCUT2D eigenvalue weighted by molar-refractivity contribution is 5.91. The molecule has 1 aromatic rings. The predicted octanol–water partition coefficient (Wildman–Crippen LogP) is 0.942. The monoisotopic (exact) mass is 308 g/mol. The third-order valence-corrected chi connectivity index (χ3v) is 3.23. The number of hydrogen-bond donors (Lipinski definition) is 1. The van der Waals surface area contributed by atoms with Gasteiger partial charge in [0, 0.05) is 12.4 Å². The number of ether oxygens (including phenoxy) is 2. The van der Waals surface area contributed by atoms with Crippen molar-refractivity contribution >= 4 is 17.8 Å². The van der Waals surface area contributed by atoms with Crippen LogP contribution >= 0.6 is 0 Å². The first-order chi connectivity index (χ1) is 10.5. The summed E-state index contributed by atoms with van der Waals surface area (Å²) < 4.78 is 9.55. The van der Waals surface area contributed by atoms with Gasteiger partial charge in [0.15, 0.2) is 6.61 Å². The van der Waals surface area contributed by atoms with Crippen LogP contribution in [-0.2, 0) is 19.1 Å².